The van der Waals surface area contributed by atoms with Crippen molar-refractivity contribution in [1.29, 1.82) is 0 Å². The van der Waals surface area contributed by atoms with Crippen LogP contribution < -0.4 is 0 Å². The molecule has 0 spiro atoms. The van der Waals surface area contributed by atoms with E-state index >= 15 is 0 Å². The Morgan fingerprint density at radius 2 is 1.11 bits per heavy atom. The number of thiophene rings is 2. The maximum absolute atomic E-state index is 12.7. The van der Waals surface area contributed by atoms with E-state index in [1.807, 2.05) is 38.1 Å². The number of aliphatic imine (C=N–C) groups is 2. The predicted molar refractivity (Wildman–Crippen MR) is 155 cm³/mol. The first kappa shape index (κ1) is 26.5. The molecule has 2 heterocycles. The summed E-state index contributed by atoms with van der Waals surface area (Å²) < 4.78 is 10.7. The van der Waals surface area contributed by atoms with Crippen LogP contribution in [0.25, 0.3) is 0 Å². The number of nitrogens with zero attached hydrogens (tertiary/aromatic N) is 2. The molecule has 2 aromatic heterocycles. The van der Waals surface area contributed by atoms with Gasteiger partial charge in [0.15, 0.2) is 0 Å². The Morgan fingerprint density at radius 3 is 1.50 bits per heavy atom. The molecule has 0 bridgehead atoms. The van der Waals surface area contributed by atoms with E-state index in [2.05, 4.69) is 0 Å². The first-order valence-corrected chi connectivity index (χ1v) is 15.0. The Kier molecular flexibility index (Phi) is 8.49. The highest BCUT2D eigenvalue weighted by Crippen LogP contribution is 2.41. The normalized spacial score (nSPS) is 15.0. The topological polar surface area (TPSA) is 77.3 Å². The van der Waals surface area contributed by atoms with Gasteiger partial charge in [0, 0.05) is 22.2 Å². The molecule has 6 nitrogen and oxygen atoms in total. The lowest BCUT2D eigenvalue weighted by Crippen LogP contribution is -2.09. The Morgan fingerprint density at radius 1 is 0.711 bits per heavy atom. The van der Waals surface area contributed by atoms with Crippen molar-refractivity contribution < 1.29 is 19.1 Å². The third-order valence-electron chi connectivity index (χ3n) is 6.86. The highest BCUT2D eigenvalue weighted by Gasteiger charge is 2.27. The van der Waals surface area contributed by atoms with E-state index in [1.54, 1.807) is 35.1 Å². The lowest BCUT2D eigenvalue weighted by Gasteiger charge is -2.11. The average molecular weight is 549 g/mol. The van der Waals surface area contributed by atoms with Gasteiger partial charge in [0.25, 0.3) is 0 Å². The third kappa shape index (κ3) is 5.66. The number of rotatable bonds is 8. The number of aryl methyl sites for hydroxylation is 2. The highest BCUT2D eigenvalue weighted by atomic mass is 32.1. The van der Waals surface area contributed by atoms with E-state index in [0.717, 1.165) is 83.6 Å². The molecule has 3 aromatic rings. The zero-order valence-corrected chi connectivity index (χ0v) is 23.5. The lowest BCUT2D eigenvalue weighted by atomic mass is 9.95. The summed E-state index contributed by atoms with van der Waals surface area (Å²) in [5, 5.41) is 1.46. The standard InChI is InChI=1S/C30H32N2O4S2/c1-3-35-29(33)25-21-9-5-7-11-23(21)37-27(25)31-17-19-13-15-20(16-14-19)18-32-28-26(30(34)36-4-2)22-10-6-8-12-24(22)38-28/h13-18H,3-12H2,1-2H3. The van der Waals surface area contributed by atoms with Gasteiger partial charge in [-0.3, -0.25) is 0 Å². The minimum absolute atomic E-state index is 0.275. The van der Waals surface area contributed by atoms with Crippen LogP contribution in [0.5, 0.6) is 0 Å². The van der Waals surface area contributed by atoms with Crippen molar-refractivity contribution in [3.8, 4) is 0 Å². The van der Waals surface area contributed by atoms with Crippen molar-refractivity contribution in [3.63, 3.8) is 0 Å². The second-order valence-corrected chi connectivity index (χ2v) is 11.6. The molecule has 0 fully saturated rings. The van der Waals surface area contributed by atoms with Crippen LogP contribution in [0.2, 0.25) is 0 Å². The van der Waals surface area contributed by atoms with Gasteiger partial charge in [0.1, 0.15) is 10.0 Å². The summed E-state index contributed by atoms with van der Waals surface area (Å²) in [4.78, 5) is 37.3. The van der Waals surface area contributed by atoms with E-state index in [9.17, 15) is 9.59 Å². The summed E-state index contributed by atoms with van der Waals surface area (Å²) in [6.45, 7) is 4.36. The minimum atomic E-state index is -0.275. The molecule has 0 saturated carbocycles. The molecule has 5 rings (SSSR count). The molecule has 0 atom stereocenters. The molecule has 38 heavy (non-hydrogen) atoms. The van der Waals surface area contributed by atoms with Crippen LogP contribution in [-0.2, 0) is 35.2 Å². The zero-order valence-electron chi connectivity index (χ0n) is 21.9. The number of ether oxygens (including phenoxy) is 2. The second-order valence-electron chi connectivity index (χ2n) is 9.41. The Bertz CT molecular complexity index is 1280. The number of carbonyl (C=O) groups is 2. The van der Waals surface area contributed by atoms with Crippen molar-refractivity contribution in [2.24, 2.45) is 9.98 Å². The first-order chi connectivity index (χ1) is 18.6. The van der Waals surface area contributed by atoms with Crippen molar-refractivity contribution >= 4 is 57.0 Å². The van der Waals surface area contributed by atoms with Crippen LogP contribution in [0.15, 0.2) is 34.3 Å². The van der Waals surface area contributed by atoms with Gasteiger partial charge in [-0.25, -0.2) is 19.6 Å². The fourth-order valence-electron chi connectivity index (χ4n) is 5.05. The summed E-state index contributed by atoms with van der Waals surface area (Å²) in [6, 6.07) is 7.92. The number of hydrogen-bond acceptors (Lipinski definition) is 8. The Hall–Kier alpha value is -3.10. The van der Waals surface area contributed by atoms with Crippen LogP contribution in [0.3, 0.4) is 0 Å². The smallest absolute Gasteiger partial charge is 0.341 e. The fourth-order valence-corrected chi connectivity index (χ4v) is 7.49. The van der Waals surface area contributed by atoms with Crippen molar-refractivity contribution in [2.75, 3.05) is 13.2 Å². The average Bonchev–Trinajstić information content (AvgIpc) is 3.49. The van der Waals surface area contributed by atoms with Crippen LogP contribution in [0.1, 0.15) is 92.3 Å². The quantitative estimate of drug-likeness (QED) is 0.217. The van der Waals surface area contributed by atoms with Gasteiger partial charge in [-0.1, -0.05) is 24.3 Å². The number of esters is 2. The molecular weight excluding hydrogens is 516 g/mol. The Balaban J connectivity index is 1.35. The van der Waals surface area contributed by atoms with E-state index in [4.69, 9.17) is 19.5 Å². The van der Waals surface area contributed by atoms with Gasteiger partial charge < -0.3 is 9.47 Å². The van der Waals surface area contributed by atoms with Gasteiger partial charge >= 0.3 is 11.9 Å². The van der Waals surface area contributed by atoms with Crippen LogP contribution in [-0.4, -0.2) is 37.6 Å². The van der Waals surface area contributed by atoms with E-state index < -0.39 is 0 Å². The summed E-state index contributed by atoms with van der Waals surface area (Å²) in [6.07, 6.45) is 11.9. The summed E-state index contributed by atoms with van der Waals surface area (Å²) >= 11 is 3.21. The summed E-state index contributed by atoms with van der Waals surface area (Å²) in [5.41, 5.74) is 5.39. The molecular formula is C30H32N2O4S2. The van der Waals surface area contributed by atoms with E-state index in [0.29, 0.717) is 24.3 Å². The molecule has 1 aromatic carbocycles. The van der Waals surface area contributed by atoms with Gasteiger partial charge in [0.05, 0.1) is 24.3 Å². The molecule has 8 heteroatoms. The second kappa shape index (κ2) is 12.2. The highest BCUT2D eigenvalue weighted by molar-refractivity contribution is 7.16. The summed E-state index contributed by atoms with van der Waals surface area (Å²) in [7, 11) is 0. The van der Waals surface area contributed by atoms with Gasteiger partial charge in [0.2, 0.25) is 0 Å². The van der Waals surface area contributed by atoms with Gasteiger partial charge in [-0.2, -0.15) is 0 Å². The predicted octanol–water partition coefficient (Wildman–Crippen LogP) is 7.42. The number of hydrogen-bond donors (Lipinski definition) is 0. The molecule has 0 aliphatic heterocycles. The van der Waals surface area contributed by atoms with Crippen LogP contribution in [0, 0.1) is 0 Å². The third-order valence-corrected chi connectivity index (χ3v) is 9.26. The molecule has 2 aliphatic carbocycles. The first-order valence-electron chi connectivity index (χ1n) is 13.4. The van der Waals surface area contributed by atoms with E-state index in [1.165, 1.54) is 9.75 Å². The van der Waals surface area contributed by atoms with Gasteiger partial charge in [-0.15, -0.1) is 22.7 Å². The van der Waals surface area contributed by atoms with Crippen molar-refractivity contribution in [3.05, 3.63) is 67.4 Å². The largest absolute Gasteiger partial charge is 0.462 e. The maximum Gasteiger partial charge on any atom is 0.341 e. The molecule has 2 aliphatic rings. The molecule has 0 N–H and O–H groups in total. The Labute approximate surface area is 231 Å². The van der Waals surface area contributed by atoms with E-state index in [-0.39, 0.29) is 11.9 Å². The minimum Gasteiger partial charge on any atom is -0.462 e. The summed E-state index contributed by atoms with van der Waals surface area (Å²) in [5.74, 6) is -0.550. The zero-order chi connectivity index (χ0) is 26.5. The SMILES string of the molecule is CCOC(=O)c1c(N=Cc2ccc(C=Nc3sc4c(c3C(=O)OCC)CCCC4)cc2)sc2c1CCCC2. The molecule has 0 radical (unpaired) electrons. The molecule has 0 unspecified atom stereocenters. The lowest BCUT2D eigenvalue weighted by molar-refractivity contribution is 0.0516. The maximum atomic E-state index is 12.7. The molecule has 0 saturated heterocycles. The van der Waals surface area contributed by atoms with Crippen LogP contribution >= 0.6 is 22.7 Å². The fraction of sp³-hybridized carbons (Fsp3) is 0.400. The molecule has 198 valence electrons. The van der Waals surface area contributed by atoms with Gasteiger partial charge in [-0.05, 0) is 87.5 Å². The number of fused-ring (bicyclic) bond motifs is 2. The monoisotopic (exact) mass is 548 g/mol. The molecule has 0 amide bonds. The van der Waals surface area contributed by atoms with Crippen molar-refractivity contribution in [1.82, 2.24) is 0 Å². The van der Waals surface area contributed by atoms with Crippen molar-refractivity contribution in [2.45, 2.75) is 65.2 Å². The number of benzene rings is 1. The number of carbonyl (C=O) groups excluding carboxylic acids is 2. The van der Waals surface area contributed by atoms with Crippen LogP contribution in [0.4, 0.5) is 10.0 Å².